The van der Waals surface area contributed by atoms with Crippen molar-refractivity contribution < 1.29 is 14.3 Å². The Hall–Kier alpha value is -2.55. The average molecular weight is 280 g/mol. The number of allylic oxidation sites excluding steroid dienone is 1. The van der Waals surface area contributed by atoms with Crippen molar-refractivity contribution in [3.05, 3.63) is 64.7 Å². The van der Waals surface area contributed by atoms with Crippen LogP contribution >= 0.6 is 0 Å². The van der Waals surface area contributed by atoms with Crippen molar-refractivity contribution in [1.29, 1.82) is 0 Å². The Morgan fingerprint density at radius 3 is 2.71 bits per heavy atom. The van der Waals surface area contributed by atoms with Crippen molar-refractivity contribution >= 4 is 11.9 Å². The van der Waals surface area contributed by atoms with Crippen molar-refractivity contribution in [1.82, 2.24) is 0 Å². The second-order valence-corrected chi connectivity index (χ2v) is 5.13. The second-order valence-electron chi connectivity index (χ2n) is 5.13. The highest BCUT2D eigenvalue weighted by molar-refractivity contribution is 6.07. The van der Waals surface area contributed by atoms with Crippen molar-refractivity contribution in [2.24, 2.45) is 0 Å². The summed E-state index contributed by atoms with van der Waals surface area (Å²) in [7, 11) is 0. The molecule has 0 saturated heterocycles. The zero-order valence-corrected chi connectivity index (χ0v) is 12.1. The van der Waals surface area contributed by atoms with Crippen LogP contribution in [0.4, 0.5) is 0 Å². The molecule has 0 unspecified atom stereocenters. The molecule has 1 aliphatic heterocycles. The molecule has 0 amide bonds. The van der Waals surface area contributed by atoms with Gasteiger partial charge in [-0.3, -0.25) is 4.79 Å². The van der Waals surface area contributed by atoms with Gasteiger partial charge in [-0.15, -0.1) is 0 Å². The highest BCUT2D eigenvalue weighted by Gasteiger charge is 2.15. The number of hydrogen-bond acceptors (Lipinski definition) is 3. The first-order valence-electron chi connectivity index (χ1n) is 6.83. The molecule has 0 radical (unpaired) electrons. The van der Waals surface area contributed by atoms with E-state index in [1.165, 1.54) is 5.56 Å². The molecule has 0 spiro atoms. The van der Waals surface area contributed by atoms with Crippen LogP contribution in [-0.2, 0) is 0 Å². The van der Waals surface area contributed by atoms with Gasteiger partial charge in [0.05, 0.1) is 0 Å². The maximum Gasteiger partial charge on any atom is 0.231 e. The molecule has 2 aromatic rings. The molecule has 2 aromatic carbocycles. The first-order chi connectivity index (χ1) is 10.1. The molecule has 3 rings (SSSR count). The normalized spacial score (nSPS) is 12.9. The molecule has 3 heteroatoms. The van der Waals surface area contributed by atoms with Gasteiger partial charge in [-0.05, 0) is 49.2 Å². The Morgan fingerprint density at radius 2 is 1.86 bits per heavy atom. The molecular formula is C18H16O3. The van der Waals surface area contributed by atoms with E-state index in [9.17, 15) is 4.79 Å². The fourth-order valence-electron chi connectivity index (χ4n) is 2.25. The number of benzene rings is 2. The lowest BCUT2D eigenvalue weighted by Gasteiger charge is -2.02. The van der Waals surface area contributed by atoms with Crippen molar-refractivity contribution in [2.45, 2.75) is 13.8 Å². The summed E-state index contributed by atoms with van der Waals surface area (Å²) in [5, 5.41) is 0. The third-order valence-electron chi connectivity index (χ3n) is 3.51. The molecule has 0 saturated carbocycles. The molecule has 106 valence electrons. The average Bonchev–Trinajstić information content (AvgIpc) is 2.95. The van der Waals surface area contributed by atoms with Crippen LogP contribution in [0, 0.1) is 13.8 Å². The molecule has 0 atom stereocenters. The molecular weight excluding hydrogens is 264 g/mol. The van der Waals surface area contributed by atoms with E-state index in [2.05, 4.69) is 18.2 Å². The minimum atomic E-state index is -0.0470. The predicted octanol–water partition coefficient (Wildman–Crippen LogP) is 3.93. The summed E-state index contributed by atoms with van der Waals surface area (Å²) in [5.41, 5.74) is 3.98. The quantitative estimate of drug-likeness (QED) is 0.631. The van der Waals surface area contributed by atoms with Crippen LogP contribution in [0.25, 0.3) is 6.08 Å². The maximum atomic E-state index is 12.2. The monoisotopic (exact) mass is 280 g/mol. The Kier molecular flexibility index (Phi) is 3.48. The van der Waals surface area contributed by atoms with Gasteiger partial charge in [0.25, 0.3) is 0 Å². The number of carbonyl (C=O) groups is 1. The minimum absolute atomic E-state index is 0.0470. The predicted molar refractivity (Wildman–Crippen MR) is 81.8 cm³/mol. The number of rotatable bonds is 3. The van der Waals surface area contributed by atoms with E-state index in [1.54, 1.807) is 24.3 Å². The first kappa shape index (κ1) is 13.4. The molecule has 0 aromatic heterocycles. The van der Waals surface area contributed by atoms with Crippen LogP contribution in [0.1, 0.15) is 27.0 Å². The minimum Gasteiger partial charge on any atom is -0.454 e. The number of ether oxygens (including phenoxy) is 2. The van der Waals surface area contributed by atoms with Crippen LogP contribution in [0.5, 0.6) is 11.5 Å². The second kappa shape index (κ2) is 5.44. The van der Waals surface area contributed by atoms with E-state index < -0.39 is 0 Å². The van der Waals surface area contributed by atoms with E-state index in [-0.39, 0.29) is 12.6 Å². The van der Waals surface area contributed by atoms with E-state index in [0.717, 1.165) is 11.1 Å². The van der Waals surface area contributed by atoms with Gasteiger partial charge in [0.15, 0.2) is 17.3 Å². The largest absolute Gasteiger partial charge is 0.454 e. The third kappa shape index (κ3) is 2.82. The van der Waals surface area contributed by atoms with E-state index in [4.69, 9.17) is 9.47 Å². The number of carbonyl (C=O) groups excluding carboxylic acids is 1. The summed E-state index contributed by atoms with van der Waals surface area (Å²) < 4.78 is 10.5. The van der Waals surface area contributed by atoms with Crippen LogP contribution in [-0.4, -0.2) is 12.6 Å². The van der Waals surface area contributed by atoms with Crippen molar-refractivity contribution in [3.8, 4) is 11.5 Å². The fraction of sp³-hybridized carbons (Fsp3) is 0.167. The zero-order valence-electron chi connectivity index (χ0n) is 12.1. The van der Waals surface area contributed by atoms with E-state index in [0.29, 0.717) is 17.1 Å². The van der Waals surface area contributed by atoms with E-state index in [1.807, 2.05) is 19.9 Å². The van der Waals surface area contributed by atoms with Gasteiger partial charge in [-0.1, -0.05) is 29.8 Å². The highest BCUT2D eigenvalue weighted by atomic mass is 16.7. The lowest BCUT2D eigenvalue weighted by Crippen LogP contribution is -1.94. The SMILES string of the molecule is Cc1ccc(C)c(C=CC(=O)c2ccc3c(c2)OCO3)c1. The van der Waals surface area contributed by atoms with Gasteiger partial charge in [0.2, 0.25) is 6.79 Å². The van der Waals surface area contributed by atoms with Gasteiger partial charge < -0.3 is 9.47 Å². The summed E-state index contributed by atoms with van der Waals surface area (Å²) in [6.45, 7) is 4.28. The number of fused-ring (bicyclic) bond motifs is 1. The van der Waals surface area contributed by atoms with Gasteiger partial charge in [0, 0.05) is 5.56 Å². The standard InChI is InChI=1S/C18H16O3/c1-12-3-4-13(2)14(9-12)5-7-16(19)15-6-8-17-18(10-15)21-11-20-17/h3-10H,11H2,1-2H3. The summed E-state index contributed by atoms with van der Waals surface area (Å²) in [5.74, 6) is 1.26. The van der Waals surface area contributed by atoms with Crippen LogP contribution < -0.4 is 9.47 Å². The number of aryl methyl sites for hydroxylation is 2. The van der Waals surface area contributed by atoms with Crippen LogP contribution in [0.2, 0.25) is 0 Å². The molecule has 0 bridgehead atoms. The summed E-state index contributed by atoms with van der Waals surface area (Å²) >= 11 is 0. The summed E-state index contributed by atoms with van der Waals surface area (Å²) in [6.07, 6.45) is 3.45. The first-order valence-corrected chi connectivity index (χ1v) is 6.83. The number of ketones is 1. The summed E-state index contributed by atoms with van der Waals surface area (Å²) in [4.78, 5) is 12.2. The van der Waals surface area contributed by atoms with Gasteiger partial charge in [-0.25, -0.2) is 0 Å². The molecule has 21 heavy (non-hydrogen) atoms. The van der Waals surface area contributed by atoms with Gasteiger partial charge in [-0.2, -0.15) is 0 Å². The maximum absolute atomic E-state index is 12.2. The molecule has 1 heterocycles. The van der Waals surface area contributed by atoms with Crippen molar-refractivity contribution in [3.63, 3.8) is 0 Å². The van der Waals surface area contributed by atoms with Crippen LogP contribution in [0.15, 0.2) is 42.5 Å². The molecule has 3 nitrogen and oxygen atoms in total. The molecule has 0 N–H and O–H groups in total. The Morgan fingerprint density at radius 1 is 1.05 bits per heavy atom. The molecule has 1 aliphatic rings. The highest BCUT2D eigenvalue weighted by Crippen LogP contribution is 2.32. The molecule has 0 fully saturated rings. The Labute approximate surface area is 123 Å². The molecule has 0 aliphatic carbocycles. The summed E-state index contributed by atoms with van der Waals surface area (Å²) in [6, 6.07) is 11.4. The lowest BCUT2D eigenvalue weighted by molar-refractivity contribution is 0.104. The topological polar surface area (TPSA) is 35.5 Å². The smallest absolute Gasteiger partial charge is 0.231 e. The fourth-order valence-corrected chi connectivity index (χ4v) is 2.25. The zero-order chi connectivity index (χ0) is 14.8. The Balaban J connectivity index is 1.83. The lowest BCUT2D eigenvalue weighted by atomic mass is 10.0. The van der Waals surface area contributed by atoms with E-state index >= 15 is 0 Å². The third-order valence-corrected chi connectivity index (χ3v) is 3.51. The van der Waals surface area contributed by atoms with Gasteiger partial charge >= 0.3 is 0 Å². The Bertz CT molecular complexity index is 729. The van der Waals surface area contributed by atoms with Crippen molar-refractivity contribution in [2.75, 3.05) is 6.79 Å². The number of hydrogen-bond donors (Lipinski definition) is 0. The van der Waals surface area contributed by atoms with Crippen LogP contribution in [0.3, 0.4) is 0 Å². The van der Waals surface area contributed by atoms with Gasteiger partial charge in [0.1, 0.15) is 0 Å².